The third kappa shape index (κ3) is 4.11. The molecule has 1 atom stereocenters. The van der Waals surface area contributed by atoms with Crippen molar-refractivity contribution in [2.45, 2.75) is 26.8 Å². The van der Waals surface area contributed by atoms with E-state index in [9.17, 15) is 0 Å². The lowest BCUT2D eigenvalue weighted by molar-refractivity contribution is 0.272. The van der Waals surface area contributed by atoms with Gasteiger partial charge in [-0.15, -0.1) is 6.42 Å². The van der Waals surface area contributed by atoms with Crippen LogP contribution in [0.3, 0.4) is 0 Å². The van der Waals surface area contributed by atoms with Gasteiger partial charge in [0.1, 0.15) is 0 Å². The molecule has 0 amide bonds. The Bertz CT molecular complexity index is 597. The standard InChI is InChI=1S/C18H25N5/c1-5-7-8-9-15(3)17-14-20-18(22-12-10-19-11-13-22)23(16(17)4)21-6-2/h1,6-9,14,16,19H,10-13H2,2-4H3/b8-7-,15-9+,21-6-. The topological polar surface area (TPSA) is 43.2 Å². The first-order valence-corrected chi connectivity index (χ1v) is 8.00. The van der Waals surface area contributed by atoms with Crippen molar-refractivity contribution in [2.75, 3.05) is 26.2 Å². The van der Waals surface area contributed by atoms with Crippen molar-refractivity contribution < 1.29 is 0 Å². The van der Waals surface area contributed by atoms with Crippen LogP contribution in [0.2, 0.25) is 0 Å². The van der Waals surface area contributed by atoms with Crippen molar-refractivity contribution >= 4 is 12.2 Å². The predicted molar refractivity (Wildman–Crippen MR) is 97.2 cm³/mol. The van der Waals surface area contributed by atoms with Crippen LogP contribution < -0.4 is 5.32 Å². The summed E-state index contributed by atoms with van der Waals surface area (Å²) in [7, 11) is 0. The maximum atomic E-state index is 5.24. The molecule has 2 aliphatic heterocycles. The van der Waals surface area contributed by atoms with Gasteiger partial charge in [0.2, 0.25) is 5.96 Å². The average Bonchev–Trinajstić information content (AvgIpc) is 2.57. The van der Waals surface area contributed by atoms with Gasteiger partial charge in [0.05, 0.1) is 6.04 Å². The highest BCUT2D eigenvalue weighted by molar-refractivity contribution is 5.83. The molecule has 0 spiro atoms. The van der Waals surface area contributed by atoms with Crippen molar-refractivity contribution in [3.8, 4) is 12.3 Å². The van der Waals surface area contributed by atoms with Crippen LogP contribution in [-0.2, 0) is 0 Å². The lowest BCUT2D eigenvalue weighted by Gasteiger charge is -2.39. The molecular formula is C18H25N5. The third-order valence-electron chi connectivity index (χ3n) is 3.97. The number of nitrogens with zero attached hydrogens (tertiary/aromatic N) is 4. The number of nitrogens with one attached hydrogen (secondary N) is 1. The minimum absolute atomic E-state index is 0.129. The van der Waals surface area contributed by atoms with Crippen molar-refractivity contribution in [2.24, 2.45) is 10.1 Å². The monoisotopic (exact) mass is 311 g/mol. The fourth-order valence-electron chi connectivity index (χ4n) is 2.74. The fourth-order valence-corrected chi connectivity index (χ4v) is 2.74. The zero-order chi connectivity index (χ0) is 16.7. The first-order chi connectivity index (χ1) is 11.2. The molecule has 0 bridgehead atoms. The lowest BCUT2D eigenvalue weighted by atomic mass is 10.00. The highest BCUT2D eigenvalue weighted by atomic mass is 15.6. The average molecular weight is 311 g/mol. The molecule has 0 aromatic rings. The minimum atomic E-state index is 0.129. The highest BCUT2D eigenvalue weighted by Crippen LogP contribution is 2.24. The summed E-state index contributed by atoms with van der Waals surface area (Å²) in [6.45, 7) is 10.0. The van der Waals surface area contributed by atoms with Gasteiger partial charge in [-0.25, -0.2) is 10.0 Å². The molecule has 23 heavy (non-hydrogen) atoms. The van der Waals surface area contributed by atoms with Gasteiger partial charge in [0, 0.05) is 38.6 Å². The van der Waals surface area contributed by atoms with E-state index >= 15 is 0 Å². The van der Waals surface area contributed by atoms with Crippen molar-refractivity contribution in [1.29, 1.82) is 0 Å². The molecule has 0 radical (unpaired) electrons. The number of terminal acetylenes is 1. The Hall–Kier alpha value is -2.32. The Labute approximate surface area is 139 Å². The van der Waals surface area contributed by atoms with Gasteiger partial charge in [0.25, 0.3) is 0 Å². The van der Waals surface area contributed by atoms with Crippen LogP contribution in [0.5, 0.6) is 0 Å². The van der Waals surface area contributed by atoms with Crippen LogP contribution >= 0.6 is 0 Å². The van der Waals surface area contributed by atoms with Crippen LogP contribution in [-0.4, -0.2) is 54.3 Å². The molecule has 1 fully saturated rings. The summed E-state index contributed by atoms with van der Waals surface area (Å²) in [5, 5.41) is 9.92. The molecule has 122 valence electrons. The van der Waals surface area contributed by atoms with E-state index in [0.717, 1.165) is 43.3 Å². The highest BCUT2D eigenvalue weighted by Gasteiger charge is 2.29. The van der Waals surface area contributed by atoms with E-state index < -0.39 is 0 Å². The van der Waals surface area contributed by atoms with Gasteiger partial charge in [-0.2, -0.15) is 5.10 Å². The zero-order valence-corrected chi connectivity index (χ0v) is 14.2. The number of hydrogen-bond acceptors (Lipinski definition) is 5. The summed E-state index contributed by atoms with van der Waals surface area (Å²) < 4.78 is 0. The van der Waals surface area contributed by atoms with E-state index in [0.29, 0.717) is 0 Å². The van der Waals surface area contributed by atoms with Crippen LogP contribution in [0.1, 0.15) is 20.8 Å². The molecule has 5 heteroatoms. The second-order valence-electron chi connectivity index (χ2n) is 5.52. The number of allylic oxidation sites excluding steroid dienone is 3. The summed E-state index contributed by atoms with van der Waals surface area (Å²) in [5.41, 5.74) is 2.29. The minimum Gasteiger partial charge on any atom is -0.339 e. The van der Waals surface area contributed by atoms with E-state index in [1.807, 2.05) is 36.5 Å². The second-order valence-corrected chi connectivity index (χ2v) is 5.52. The van der Waals surface area contributed by atoms with Crippen molar-refractivity contribution in [1.82, 2.24) is 15.2 Å². The molecule has 2 heterocycles. The van der Waals surface area contributed by atoms with Gasteiger partial charge >= 0.3 is 0 Å². The molecule has 0 aliphatic carbocycles. The smallest absolute Gasteiger partial charge is 0.222 e. The first-order valence-electron chi connectivity index (χ1n) is 8.00. The zero-order valence-electron chi connectivity index (χ0n) is 14.2. The molecule has 5 nitrogen and oxygen atoms in total. The van der Waals surface area contributed by atoms with E-state index in [-0.39, 0.29) is 6.04 Å². The first kappa shape index (κ1) is 17.0. The number of hydrogen-bond donors (Lipinski definition) is 1. The molecule has 0 aromatic heterocycles. The number of guanidine groups is 1. The molecule has 1 N–H and O–H groups in total. The van der Waals surface area contributed by atoms with E-state index in [2.05, 4.69) is 35.1 Å². The summed E-state index contributed by atoms with van der Waals surface area (Å²) in [5.74, 6) is 3.42. The largest absolute Gasteiger partial charge is 0.339 e. The van der Waals surface area contributed by atoms with Crippen molar-refractivity contribution in [3.05, 3.63) is 35.6 Å². The number of hydrazone groups is 1. The maximum absolute atomic E-state index is 5.24. The van der Waals surface area contributed by atoms with Crippen LogP contribution in [0, 0.1) is 12.3 Å². The molecule has 2 rings (SSSR count). The third-order valence-corrected chi connectivity index (χ3v) is 3.97. The number of piperazine rings is 1. The van der Waals surface area contributed by atoms with Gasteiger partial charge in [0.15, 0.2) is 0 Å². The Morgan fingerprint density at radius 3 is 2.87 bits per heavy atom. The van der Waals surface area contributed by atoms with Gasteiger partial charge in [-0.3, -0.25) is 0 Å². The summed E-state index contributed by atoms with van der Waals surface area (Å²) in [4.78, 5) is 6.98. The normalized spacial score (nSPS) is 23.2. The van der Waals surface area contributed by atoms with Crippen LogP contribution in [0.4, 0.5) is 0 Å². The van der Waals surface area contributed by atoms with Gasteiger partial charge in [-0.1, -0.05) is 18.1 Å². The Balaban J connectivity index is 2.30. The molecule has 1 unspecified atom stereocenters. The molecule has 0 aromatic carbocycles. The quantitative estimate of drug-likeness (QED) is 0.492. The summed E-state index contributed by atoms with van der Waals surface area (Å²) in [6, 6.07) is 0.129. The Morgan fingerprint density at radius 2 is 2.22 bits per heavy atom. The Kier molecular flexibility index (Phi) is 6.19. The molecule has 1 saturated heterocycles. The predicted octanol–water partition coefficient (Wildman–Crippen LogP) is 1.98. The van der Waals surface area contributed by atoms with E-state index in [4.69, 9.17) is 11.4 Å². The SMILES string of the molecule is C#C/C=C\C=C(/C)C1=CN=C(N2CCNCC2)N(/N=C\C)C1C. The second kappa shape index (κ2) is 8.35. The number of rotatable bonds is 3. The van der Waals surface area contributed by atoms with Crippen LogP contribution in [0.15, 0.2) is 45.7 Å². The van der Waals surface area contributed by atoms with Crippen molar-refractivity contribution in [3.63, 3.8) is 0 Å². The van der Waals surface area contributed by atoms with Crippen LogP contribution in [0.25, 0.3) is 0 Å². The molecule has 0 saturated carbocycles. The van der Waals surface area contributed by atoms with E-state index in [1.165, 1.54) is 0 Å². The summed E-state index contributed by atoms with van der Waals surface area (Å²) >= 11 is 0. The fraction of sp³-hybridized carbons (Fsp3) is 0.444. The Morgan fingerprint density at radius 1 is 1.48 bits per heavy atom. The number of aliphatic imine (C=N–C) groups is 1. The van der Waals surface area contributed by atoms with Gasteiger partial charge < -0.3 is 10.2 Å². The molecular weight excluding hydrogens is 286 g/mol. The summed E-state index contributed by atoms with van der Waals surface area (Å²) in [6.07, 6.45) is 14.6. The maximum Gasteiger partial charge on any atom is 0.222 e. The molecule has 2 aliphatic rings. The van der Waals surface area contributed by atoms with E-state index in [1.54, 1.807) is 6.08 Å². The lowest BCUT2D eigenvalue weighted by Crippen LogP contribution is -2.54. The van der Waals surface area contributed by atoms with Gasteiger partial charge in [-0.05, 0) is 38.0 Å².